The first-order valence-corrected chi connectivity index (χ1v) is 7.92. The third-order valence-electron chi connectivity index (χ3n) is 4.47. The summed E-state index contributed by atoms with van der Waals surface area (Å²) in [5.41, 5.74) is -0.838. The first-order valence-electron chi connectivity index (χ1n) is 7.92. The van der Waals surface area contributed by atoms with Crippen LogP contribution in [0.25, 0.3) is 0 Å². The second-order valence-electron chi connectivity index (χ2n) is 7.80. The zero-order chi connectivity index (χ0) is 17.5. The van der Waals surface area contributed by atoms with Gasteiger partial charge in [0.25, 0.3) is 0 Å². The number of hydroxylamine groups is 2. The molecule has 1 fully saturated rings. The topological polar surface area (TPSA) is 49.4 Å². The molecule has 0 amide bonds. The lowest BCUT2D eigenvalue weighted by atomic mass is 9.69. The summed E-state index contributed by atoms with van der Waals surface area (Å²) in [7, 11) is 0. The van der Waals surface area contributed by atoms with Crippen molar-refractivity contribution in [1.29, 1.82) is 0 Å². The smallest absolute Gasteiger partial charge is 0.334 e. The van der Waals surface area contributed by atoms with Gasteiger partial charge in [0.05, 0.1) is 0 Å². The molecule has 0 bridgehead atoms. The van der Waals surface area contributed by atoms with Crippen molar-refractivity contribution >= 4 is 5.97 Å². The number of carbonyl (C=O) groups excluding carboxylic acids is 1. The van der Waals surface area contributed by atoms with Crippen LogP contribution in [0.1, 0.15) is 53.0 Å². The van der Waals surface area contributed by atoms with Gasteiger partial charge in [-0.1, -0.05) is 36.9 Å². The van der Waals surface area contributed by atoms with Gasteiger partial charge in [0.1, 0.15) is 5.60 Å². The largest absolute Gasteiger partial charge is 0.451 e. The van der Waals surface area contributed by atoms with Crippen LogP contribution in [0.5, 0.6) is 0 Å². The molecule has 1 aliphatic rings. The standard InChI is InChI=1S/C19H26NO3/c1-14(2)16(21)23-19(15-10-8-7-9-11-15)12-17(3,4)20(22)18(5,6)13-19/h7-11H,1,12-13H2,2-6H3. The molecule has 1 aromatic carbocycles. The minimum atomic E-state index is -0.828. The zero-order valence-electron chi connectivity index (χ0n) is 14.7. The number of piperidine rings is 1. The van der Waals surface area contributed by atoms with Crippen LogP contribution >= 0.6 is 0 Å². The average molecular weight is 316 g/mol. The fourth-order valence-corrected chi connectivity index (χ4v) is 3.76. The molecule has 1 saturated heterocycles. The average Bonchev–Trinajstić information content (AvgIpc) is 2.45. The Morgan fingerprint density at radius 3 is 2.00 bits per heavy atom. The molecule has 4 nitrogen and oxygen atoms in total. The van der Waals surface area contributed by atoms with E-state index in [1.54, 1.807) is 6.92 Å². The first-order chi connectivity index (χ1) is 10.5. The fourth-order valence-electron chi connectivity index (χ4n) is 3.76. The minimum Gasteiger partial charge on any atom is -0.451 e. The van der Waals surface area contributed by atoms with Crippen LogP contribution in [0.2, 0.25) is 0 Å². The number of rotatable bonds is 3. The van der Waals surface area contributed by atoms with Gasteiger partial charge in [0, 0.05) is 29.5 Å². The minimum absolute atomic E-state index is 0.362. The Morgan fingerprint density at radius 1 is 1.09 bits per heavy atom. The van der Waals surface area contributed by atoms with Gasteiger partial charge >= 0.3 is 5.97 Å². The number of ether oxygens (including phenoxy) is 1. The zero-order valence-corrected chi connectivity index (χ0v) is 14.7. The Labute approximate surface area is 138 Å². The molecule has 0 saturated carbocycles. The van der Waals surface area contributed by atoms with E-state index >= 15 is 0 Å². The van der Waals surface area contributed by atoms with Gasteiger partial charge in [0.15, 0.2) is 0 Å². The van der Waals surface area contributed by atoms with Crippen LogP contribution in [0, 0.1) is 0 Å². The van der Waals surface area contributed by atoms with E-state index in [0.717, 1.165) is 10.6 Å². The second-order valence-corrected chi connectivity index (χ2v) is 7.80. The molecule has 0 unspecified atom stereocenters. The predicted molar refractivity (Wildman–Crippen MR) is 88.9 cm³/mol. The lowest BCUT2D eigenvalue weighted by Crippen LogP contribution is -2.63. The molecular formula is C19H26NO3. The van der Waals surface area contributed by atoms with E-state index in [4.69, 9.17) is 4.74 Å². The summed E-state index contributed by atoms with van der Waals surface area (Å²) < 4.78 is 5.94. The van der Waals surface area contributed by atoms with Crippen LogP contribution in [-0.4, -0.2) is 22.1 Å². The molecule has 1 aliphatic heterocycles. The van der Waals surface area contributed by atoms with Gasteiger partial charge in [-0.15, -0.1) is 10.3 Å². The van der Waals surface area contributed by atoms with Crippen molar-refractivity contribution in [3.05, 3.63) is 48.0 Å². The Balaban J connectivity index is 2.54. The van der Waals surface area contributed by atoms with E-state index in [9.17, 15) is 10.0 Å². The number of nitrogens with zero attached hydrogens (tertiary/aromatic N) is 1. The molecule has 2 rings (SSSR count). The number of hydrogen-bond acceptors (Lipinski definition) is 3. The molecule has 1 aromatic rings. The van der Waals surface area contributed by atoms with Crippen molar-refractivity contribution in [2.45, 2.75) is 64.1 Å². The van der Waals surface area contributed by atoms with Gasteiger partial charge in [-0.25, -0.2) is 4.79 Å². The van der Waals surface area contributed by atoms with Gasteiger partial charge in [-0.05, 0) is 40.2 Å². The second kappa shape index (κ2) is 5.77. The van der Waals surface area contributed by atoms with E-state index in [0.29, 0.717) is 18.4 Å². The van der Waals surface area contributed by atoms with Crippen LogP contribution < -0.4 is 0 Å². The maximum absolute atomic E-state index is 12.7. The monoisotopic (exact) mass is 316 g/mol. The third kappa shape index (κ3) is 3.33. The van der Waals surface area contributed by atoms with E-state index < -0.39 is 22.6 Å². The molecule has 0 aliphatic carbocycles. The summed E-state index contributed by atoms with van der Waals surface area (Å²) in [6.45, 7) is 12.9. The van der Waals surface area contributed by atoms with Gasteiger partial charge < -0.3 is 4.74 Å². The summed E-state index contributed by atoms with van der Waals surface area (Å²) in [6.07, 6.45) is 0.881. The van der Waals surface area contributed by atoms with Crippen LogP contribution in [0.15, 0.2) is 42.5 Å². The van der Waals surface area contributed by atoms with Crippen molar-refractivity contribution in [2.75, 3.05) is 0 Å². The Bertz CT molecular complexity index is 586. The molecule has 0 spiro atoms. The SMILES string of the molecule is C=C(C)C(=O)OC1(c2ccccc2)CC(C)(C)N([O])C(C)(C)C1. The number of carbonyl (C=O) groups is 1. The predicted octanol–water partition coefficient (Wildman–Crippen LogP) is 4.00. The highest BCUT2D eigenvalue weighted by molar-refractivity contribution is 5.87. The maximum atomic E-state index is 12.7. The third-order valence-corrected chi connectivity index (χ3v) is 4.47. The summed E-state index contributed by atoms with van der Waals surface area (Å²) in [6, 6.07) is 9.69. The lowest BCUT2D eigenvalue weighted by Gasteiger charge is -2.54. The van der Waals surface area contributed by atoms with Gasteiger partial charge in [-0.2, -0.15) is 0 Å². The van der Waals surface area contributed by atoms with E-state index in [-0.39, 0.29) is 0 Å². The first kappa shape index (κ1) is 17.7. The molecule has 0 aromatic heterocycles. The summed E-state index contributed by atoms with van der Waals surface area (Å²) in [4.78, 5) is 12.3. The van der Waals surface area contributed by atoms with Gasteiger partial charge in [-0.3, -0.25) is 0 Å². The summed E-state index contributed by atoms with van der Waals surface area (Å²) in [5.74, 6) is -0.417. The lowest BCUT2D eigenvalue weighted by molar-refractivity contribution is -0.315. The number of hydrogen-bond donors (Lipinski definition) is 0. The molecule has 125 valence electrons. The highest BCUT2D eigenvalue weighted by atomic mass is 16.6. The summed E-state index contributed by atoms with van der Waals surface area (Å²) >= 11 is 0. The van der Waals surface area contributed by atoms with Crippen molar-refractivity contribution in [2.24, 2.45) is 0 Å². The normalized spacial score (nSPS) is 22.3. The van der Waals surface area contributed by atoms with Crippen molar-refractivity contribution in [3.8, 4) is 0 Å². The molecule has 0 atom stereocenters. The van der Waals surface area contributed by atoms with E-state index in [1.807, 2.05) is 58.0 Å². The quantitative estimate of drug-likeness (QED) is 0.625. The highest BCUT2D eigenvalue weighted by Gasteiger charge is 2.55. The van der Waals surface area contributed by atoms with Crippen molar-refractivity contribution < 1.29 is 14.7 Å². The highest BCUT2D eigenvalue weighted by Crippen LogP contribution is 2.49. The van der Waals surface area contributed by atoms with Gasteiger partial charge in [0.2, 0.25) is 0 Å². The number of benzene rings is 1. The number of esters is 1. The van der Waals surface area contributed by atoms with E-state index in [2.05, 4.69) is 6.58 Å². The Hall–Kier alpha value is -1.65. The molecule has 4 heteroatoms. The van der Waals surface area contributed by atoms with Crippen molar-refractivity contribution in [3.63, 3.8) is 0 Å². The maximum Gasteiger partial charge on any atom is 0.334 e. The molecule has 1 heterocycles. The fraction of sp³-hybridized carbons (Fsp3) is 0.526. The van der Waals surface area contributed by atoms with E-state index in [1.165, 1.54) is 0 Å². The summed E-state index contributed by atoms with van der Waals surface area (Å²) in [5, 5.41) is 13.8. The van der Waals surface area contributed by atoms with Crippen LogP contribution in [0.3, 0.4) is 0 Å². The molecule has 0 N–H and O–H groups in total. The molecule has 23 heavy (non-hydrogen) atoms. The Kier molecular flexibility index (Phi) is 4.44. The van der Waals surface area contributed by atoms with Crippen LogP contribution in [0.4, 0.5) is 0 Å². The molecular weight excluding hydrogens is 290 g/mol. The molecule has 1 radical (unpaired) electrons. The van der Waals surface area contributed by atoms with Crippen LogP contribution in [-0.2, 0) is 20.3 Å². The van der Waals surface area contributed by atoms with Crippen molar-refractivity contribution in [1.82, 2.24) is 5.06 Å². The Morgan fingerprint density at radius 2 is 1.57 bits per heavy atom.